The third kappa shape index (κ3) is 3.00. The maximum absolute atomic E-state index is 5.21. The number of nitrogens with zero attached hydrogens (tertiary/aromatic N) is 2. The first-order chi connectivity index (χ1) is 8.35. The van der Waals surface area contributed by atoms with Crippen LogP contribution >= 0.6 is 0 Å². The van der Waals surface area contributed by atoms with E-state index in [1.54, 1.807) is 7.11 Å². The largest absolute Gasteiger partial charge is 0.383 e. The van der Waals surface area contributed by atoms with Gasteiger partial charge in [0, 0.05) is 25.5 Å². The van der Waals surface area contributed by atoms with Crippen molar-refractivity contribution in [2.24, 2.45) is 0 Å². The van der Waals surface area contributed by atoms with E-state index in [4.69, 9.17) is 4.74 Å². The summed E-state index contributed by atoms with van der Waals surface area (Å²) >= 11 is 0. The standard InChI is InChI=1S/C13H23N3O/c1-3-11(10-17-2)15-13-14-8-9-16(13)12-6-4-5-7-12/h8-9,11-12H,3-7,10H2,1-2H3,(H,14,15). The molecule has 4 heteroatoms. The molecule has 0 radical (unpaired) electrons. The highest BCUT2D eigenvalue weighted by molar-refractivity contribution is 5.28. The summed E-state index contributed by atoms with van der Waals surface area (Å²) in [5.74, 6) is 1.00. The minimum Gasteiger partial charge on any atom is -0.383 e. The number of nitrogens with one attached hydrogen (secondary N) is 1. The smallest absolute Gasteiger partial charge is 0.203 e. The van der Waals surface area contributed by atoms with Gasteiger partial charge >= 0.3 is 0 Å². The monoisotopic (exact) mass is 237 g/mol. The fraction of sp³-hybridized carbons (Fsp3) is 0.769. The fourth-order valence-corrected chi connectivity index (χ4v) is 2.55. The van der Waals surface area contributed by atoms with Crippen molar-refractivity contribution in [3.05, 3.63) is 12.4 Å². The quantitative estimate of drug-likeness (QED) is 0.827. The van der Waals surface area contributed by atoms with Crippen LogP contribution in [0.3, 0.4) is 0 Å². The van der Waals surface area contributed by atoms with Crippen LogP contribution in [-0.4, -0.2) is 29.3 Å². The van der Waals surface area contributed by atoms with Crippen LogP contribution in [0, 0.1) is 0 Å². The SMILES string of the molecule is CCC(COC)Nc1nccn1C1CCCC1. The lowest BCUT2D eigenvalue weighted by atomic mass is 10.2. The van der Waals surface area contributed by atoms with Gasteiger partial charge in [0.2, 0.25) is 5.95 Å². The molecule has 0 aliphatic heterocycles. The molecule has 1 atom stereocenters. The minimum absolute atomic E-state index is 0.350. The Balaban J connectivity index is 2.02. The lowest BCUT2D eigenvalue weighted by Gasteiger charge is -2.20. The lowest BCUT2D eigenvalue weighted by Crippen LogP contribution is -2.26. The van der Waals surface area contributed by atoms with Gasteiger partial charge in [-0.1, -0.05) is 19.8 Å². The number of imidazole rings is 1. The number of ether oxygens (including phenoxy) is 1. The van der Waals surface area contributed by atoms with Gasteiger partial charge in [0.05, 0.1) is 12.6 Å². The second-order valence-electron chi connectivity index (χ2n) is 4.80. The summed E-state index contributed by atoms with van der Waals surface area (Å²) in [6.07, 6.45) is 10.3. The molecule has 0 amide bonds. The Labute approximate surface area is 103 Å². The highest BCUT2D eigenvalue weighted by Gasteiger charge is 2.20. The zero-order valence-corrected chi connectivity index (χ0v) is 10.9. The van der Waals surface area contributed by atoms with E-state index in [1.807, 2.05) is 6.20 Å². The van der Waals surface area contributed by atoms with E-state index in [-0.39, 0.29) is 0 Å². The maximum Gasteiger partial charge on any atom is 0.203 e. The Morgan fingerprint density at radius 3 is 2.94 bits per heavy atom. The number of hydrogen-bond donors (Lipinski definition) is 1. The molecule has 1 unspecified atom stereocenters. The first-order valence-electron chi connectivity index (χ1n) is 6.63. The summed E-state index contributed by atoms with van der Waals surface area (Å²) in [6, 6.07) is 0.989. The molecule has 1 aliphatic carbocycles. The van der Waals surface area contributed by atoms with E-state index in [1.165, 1.54) is 25.7 Å². The summed E-state index contributed by atoms with van der Waals surface area (Å²) in [7, 11) is 1.74. The van der Waals surface area contributed by atoms with Crippen LogP contribution in [0.4, 0.5) is 5.95 Å². The van der Waals surface area contributed by atoms with E-state index < -0.39 is 0 Å². The summed E-state index contributed by atoms with van der Waals surface area (Å²) in [5.41, 5.74) is 0. The second-order valence-corrected chi connectivity index (χ2v) is 4.80. The molecule has 0 bridgehead atoms. The molecule has 0 aromatic carbocycles. The average Bonchev–Trinajstić information content (AvgIpc) is 2.98. The van der Waals surface area contributed by atoms with E-state index in [0.29, 0.717) is 12.1 Å². The first-order valence-corrected chi connectivity index (χ1v) is 6.63. The normalized spacial score (nSPS) is 18.5. The van der Waals surface area contributed by atoms with E-state index in [2.05, 4.69) is 28.0 Å². The topological polar surface area (TPSA) is 39.1 Å². The highest BCUT2D eigenvalue weighted by Crippen LogP contribution is 2.31. The van der Waals surface area contributed by atoms with Crippen molar-refractivity contribution in [3.63, 3.8) is 0 Å². The molecule has 0 saturated heterocycles. The van der Waals surface area contributed by atoms with Gasteiger partial charge in [0.25, 0.3) is 0 Å². The average molecular weight is 237 g/mol. The van der Waals surface area contributed by atoms with Gasteiger partial charge in [-0.15, -0.1) is 0 Å². The van der Waals surface area contributed by atoms with Crippen LogP contribution in [0.5, 0.6) is 0 Å². The Bertz CT molecular complexity index is 331. The molecule has 1 aromatic rings. The third-order valence-electron chi connectivity index (χ3n) is 3.58. The van der Waals surface area contributed by atoms with Gasteiger partial charge in [-0.25, -0.2) is 4.98 Å². The fourth-order valence-electron chi connectivity index (χ4n) is 2.55. The van der Waals surface area contributed by atoms with Crippen molar-refractivity contribution >= 4 is 5.95 Å². The van der Waals surface area contributed by atoms with Gasteiger partial charge in [0.1, 0.15) is 0 Å². The molecule has 1 aliphatic rings. The zero-order valence-electron chi connectivity index (χ0n) is 10.9. The third-order valence-corrected chi connectivity index (χ3v) is 3.58. The number of aromatic nitrogens is 2. The molecule has 1 saturated carbocycles. The van der Waals surface area contributed by atoms with Gasteiger partial charge < -0.3 is 14.6 Å². The lowest BCUT2D eigenvalue weighted by molar-refractivity contribution is 0.184. The van der Waals surface area contributed by atoms with Crippen LogP contribution in [0.1, 0.15) is 45.1 Å². The Hall–Kier alpha value is -1.03. The summed E-state index contributed by atoms with van der Waals surface area (Å²) < 4.78 is 7.51. The van der Waals surface area contributed by atoms with E-state index in [9.17, 15) is 0 Å². The van der Waals surface area contributed by atoms with Crippen molar-refractivity contribution in [3.8, 4) is 0 Å². The Kier molecular flexibility index (Phi) is 4.42. The molecular weight excluding hydrogens is 214 g/mol. The second kappa shape index (κ2) is 6.05. The van der Waals surface area contributed by atoms with Crippen LogP contribution in [-0.2, 0) is 4.74 Å². The molecule has 2 rings (SSSR count). The van der Waals surface area contributed by atoms with E-state index >= 15 is 0 Å². The number of rotatable bonds is 6. The number of hydrogen-bond acceptors (Lipinski definition) is 3. The molecule has 96 valence electrons. The predicted molar refractivity (Wildman–Crippen MR) is 69.3 cm³/mol. The summed E-state index contributed by atoms with van der Waals surface area (Å²) in [5, 5.41) is 3.48. The predicted octanol–water partition coefficient (Wildman–Crippen LogP) is 2.84. The molecular formula is C13H23N3O. The van der Waals surface area contributed by atoms with Crippen molar-refractivity contribution in [2.45, 2.75) is 51.1 Å². The molecule has 1 fully saturated rings. The number of methoxy groups -OCH3 is 1. The van der Waals surface area contributed by atoms with E-state index in [0.717, 1.165) is 19.0 Å². The molecule has 4 nitrogen and oxygen atoms in total. The van der Waals surface area contributed by atoms with Gasteiger partial charge in [0.15, 0.2) is 0 Å². The van der Waals surface area contributed by atoms with Gasteiger partial charge in [-0.3, -0.25) is 0 Å². The molecule has 0 spiro atoms. The van der Waals surface area contributed by atoms with Gasteiger partial charge in [-0.2, -0.15) is 0 Å². The Morgan fingerprint density at radius 1 is 1.53 bits per heavy atom. The number of anilines is 1. The van der Waals surface area contributed by atoms with Crippen molar-refractivity contribution in [2.75, 3.05) is 19.0 Å². The van der Waals surface area contributed by atoms with Crippen LogP contribution in [0.15, 0.2) is 12.4 Å². The van der Waals surface area contributed by atoms with Crippen molar-refractivity contribution in [1.82, 2.24) is 9.55 Å². The first kappa shape index (κ1) is 12.4. The maximum atomic E-state index is 5.21. The summed E-state index contributed by atoms with van der Waals surface area (Å²) in [4.78, 5) is 4.43. The molecule has 1 heterocycles. The zero-order chi connectivity index (χ0) is 12.1. The van der Waals surface area contributed by atoms with Crippen molar-refractivity contribution in [1.29, 1.82) is 0 Å². The molecule has 1 N–H and O–H groups in total. The minimum atomic E-state index is 0.350. The molecule has 1 aromatic heterocycles. The van der Waals surface area contributed by atoms with Crippen LogP contribution in [0.2, 0.25) is 0 Å². The van der Waals surface area contributed by atoms with Crippen LogP contribution < -0.4 is 5.32 Å². The molecule has 17 heavy (non-hydrogen) atoms. The Morgan fingerprint density at radius 2 is 2.29 bits per heavy atom. The van der Waals surface area contributed by atoms with Crippen molar-refractivity contribution < 1.29 is 4.74 Å². The van der Waals surface area contributed by atoms with Gasteiger partial charge in [-0.05, 0) is 19.3 Å². The summed E-state index contributed by atoms with van der Waals surface area (Å²) in [6.45, 7) is 2.90. The highest BCUT2D eigenvalue weighted by atomic mass is 16.5. The van der Waals surface area contributed by atoms with Crippen LogP contribution in [0.25, 0.3) is 0 Å².